The highest BCUT2D eigenvalue weighted by atomic mass is 16.5. The van der Waals surface area contributed by atoms with Gasteiger partial charge in [-0.2, -0.15) is 0 Å². The quantitative estimate of drug-likeness (QED) is 0.608. The molecule has 1 aromatic heterocycles. The Kier molecular flexibility index (Phi) is 5.18. The molecule has 0 aliphatic carbocycles. The van der Waals surface area contributed by atoms with Gasteiger partial charge in [0.15, 0.2) is 0 Å². The van der Waals surface area contributed by atoms with Crippen LogP contribution in [0, 0.1) is 0 Å². The summed E-state index contributed by atoms with van der Waals surface area (Å²) in [5, 5.41) is 0. The van der Waals surface area contributed by atoms with Crippen molar-refractivity contribution in [2.45, 2.75) is 13.0 Å². The smallest absolute Gasteiger partial charge is 0.331 e. The molecule has 0 bridgehead atoms. The molecule has 1 N–H and O–H groups in total. The molecule has 2 heterocycles. The second-order valence-corrected chi connectivity index (χ2v) is 4.66. The van der Waals surface area contributed by atoms with Crippen molar-refractivity contribution in [1.29, 1.82) is 0 Å². The lowest BCUT2D eigenvalue weighted by Gasteiger charge is -2.25. The van der Waals surface area contributed by atoms with Crippen molar-refractivity contribution in [3.63, 3.8) is 0 Å². The molecule has 104 valence electrons. The Morgan fingerprint density at radius 3 is 3.00 bits per heavy atom. The lowest BCUT2D eigenvalue weighted by Crippen LogP contribution is -3.15. The van der Waals surface area contributed by atoms with Gasteiger partial charge in [0, 0.05) is 6.08 Å². The summed E-state index contributed by atoms with van der Waals surface area (Å²) in [5.74, 6) is 0.306. The Balaban J connectivity index is 1.72. The van der Waals surface area contributed by atoms with Gasteiger partial charge < -0.3 is 18.8 Å². The third-order valence-corrected chi connectivity index (χ3v) is 3.02. The van der Waals surface area contributed by atoms with Gasteiger partial charge in [0.05, 0.1) is 19.5 Å². The second-order valence-electron chi connectivity index (χ2n) is 4.66. The standard InChI is InChI=1S/C14H19NO4/c1-12(11-15-6-9-17-10-7-15)19-14(16)5-4-13-3-2-8-18-13/h2-5,8,12H,6-7,9-11H2,1H3/p+1/b5-4+/t12-/m1/s1. The Bertz CT molecular complexity index is 407. The fraction of sp³-hybridized carbons (Fsp3) is 0.500. The number of furan rings is 1. The molecular formula is C14H20NO4+. The summed E-state index contributed by atoms with van der Waals surface area (Å²) in [6.07, 6.45) is 4.47. The molecule has 0 spiro atoms. The third kappa shape index (κ3) is 4.89. The highest BCUT2D eigenvalue weighted by molar-refractivity contribution is 5.86. The lowest BCUT2D eigenvalue weighted by atomic mass is 10.3. The highest BCUT2D eigenvalue weighted by Crippen LogP contribution is 2.02. The number of quaternary nitrogens is 1. The van der Waals surface area contributed by atoms with Crippen LogP contribution in [0.1, 0.15) is 12.7 Å². The van der Waals surface area contributed by atoms with Gasteiger partial charge in [0.2, 0.25) is 0 Å². The molecule has 1 aliphatic rings. The van der Waals surface area contributed by atoms with E-state index >= 15 is 0 Å². The maximum atomic E-state index is 11.6. The van der Waals surface area contributed by atoms with Crippen molar-refractivity contribution in [2.24, 2.45) is 0 Å². The van der Waals surface area contributed by atoms with E-state index < -0.39 is 0 Å². The summed E-state index contributed by atoms with van der Waals surface area (Å²) in [6.45, 7) is 6.27. The van der Waals surface area contributed by atoms with Gasteiger partial charge in [-0.3, -0.25) is 0 Å². The average Bonchev–Trinajstić information content (AvgIpc) is 2.90. The first-order chi connectivity index (χ1) is 9.24. The van der Waals surface area contributed by atoms with Crippen LogP contribution in [0.2, 0.25) is 0 Å². The molecule has 1 aromatic rings. The van der Waals surface area contributed by atoms with Crippen molar-refractivity contribution in [3.8, 4) is 0 Å². The van der Waals surface area contributed by atoms with Crippen LogP contribution in [0.25, 0.3) is 6.08 Å². The normalized spacial score (nSPS) is 18.6. The fourth-order valence-electron chi connectivity index (χ4n) is 2.09. The number of hydrogen-bond acceptors (Lipinski definition) is 4. The molecule has 0 aromatic carbocycles. The number of hydrogen-bond donors (Lipinski definition) is 1. The Morgan fingerprint density at radius 2 is 2.32 bits per heavy atom. The largest absolute Gasteiger partial charge is 0.465 e. The molecule has 5 heteroatoms. The Morgan fingerprint density at radius 1 is 1.53 bits per heavy atom. The van der Waals surface area contributed by atoms with Crippen molar-refractivity contribution < 1.29 is 23.6 Å². The number of nitrogens with one attached hydrogen (secondary N) is 1. The van der Waals surface area contributed by atoms with Gasteiger partial charge in [-0.15, -0.1) is 0 Å². The minimum Gasteiger partial charge on any atom is -0.465 e. The van der Waals surface area contributed by atoms with Crippen LogP contribution in [0.5, 0.6) is 0 Å². The highest BCUT2D eigenvalue weighted by Gasteiger charge is 2.18. The average molecular weight is 266 g/mol. The molecule has 5 nitrogen and oxygen atoms in total. The maximum Gasteiger partial charge on any atom is 0.331 e. The van der Waals surface area contributed by atoms with Gasteiger partial charge in [-0.05, 0) is 25.1 Å². The summed E-state index contributed by atoms with van der Waals surface area (Å²) in [6, 6.07) is 3.56. The Hall–Kier alpha value is -1.59. The predicted molar refractivity (Wildman–Crippen MR) is 69.7 cm³/mol. The fourth-order valence-corrected chi connectivity index (χ4v) is 2.09. The molecular weight excluding hydrogens is 246 g/mol. The van der Waals surface area contributed by atoms with Crippen molar-refractivity contribution in [1.82, 2.24) is 0 Å². The number of rotatable bonds is 5. The summed E-state index contributed by atoms with van der Waals surface area (Å²) in [7, 11) is 0. The van der Waals surface area contributed by atoms with E-state index in [1.165, 1.54) is 11.0 Å². The van der Waals surface area contributed by atoms with E-state index in [9.17, 15) is 4.79 Å². The number of morpholine rings is 1. The molecule has 0 amide bonds. The predicted octanol–water partition coefficient (Wildman–Crippen LogP) is 0.140. The third-order valence-electron chi connectivity index (χ3n) is 3.02. The number of carbonyl (C=O) groups is 1. The van der Waals surface area contributed by atoms with Crippen LogP contribution in [-0.4, -0.2) is 44.9 Å². The van der Waals surface area contributed by atoms with Crippen LogP contribution in [0.3, 0.4) is 0 Å². The molecule has 19 heavy (non-hydrogen) atoms. The van der Waals surface area contributed by atoms with E-state index in [-0.39, 0.29) is 12.1 Å². The molecule has 1 atom stereocenters. The molecule has 1 saturated heterocycles. The van der Waals surface area contributed by atoms with Crippen LogP contribution >= 0.6 is 0 Å². The number of ether oxygens (including phenoxy) is 2. The van der Waals surface area contributed by atoms with E-state index in [1.54, 1.807) is 24.5 Å². The van der Waals surface area contributed by atoms with E-state index in [0.29, 0.717) is 5.76 Å². The van der Waals surface area contributed by atoms with Crippen LogP contribution in [0.4, 0.5) is 0 Å². The molecule has 1 fully saturated rings. The topological polar surface area (TPSA) is 53.1 Å². The van der Waals surface area contributed by atoms with E-state index in [4.69, 9.17) is 13.9 Å². The molecule has 0 saturated carbocycles. The van der Waals surface area contributed by atoms with E-state index in [2.05, 4.69) is 0 Å². The van der Waals surface area contributed by atoms with E-state index in [1.807, 2.05) is 6.92 Å². The van der Waals surface area contributed by atoms with Gasteiger partial charge in [-0.25, -0.2) is 4.79 Å². The first-order valence-corrected chi connectivity index (χ1v) is 6.57. The lowest BCUT2D eigenvalue weighted by molar-refractivity contribution is -0.910. The number of carbonyl (C=O) groups excluding carboxylic acids is 1. The summed E-state index contributed by atoms with van der Waals surface area (Å²) >= 11 is 0. The monoisotopic (exact) mass is 266 g/mol. The molecule has 2 rings (SSSR count). The zero-order chi connectivity index (χ0) is 13.5. The van der Waals surface area contributed by atoms with Gasteiger partial charge in [0.25, 0.3) is 0 Å². The number of esters is 1. The summed E-state index contributed by atoms with van der Waals surface area (Å²) < 4.78 is 15.7. The van der Waals surface area contributed by atoms with Crippen LogP contribution in [0.15, 0.2) is 28.9 Å². The molecule has 0 radical (unpaired) electrons. The first-order valence-electron chi connectivity index (χ1n) is 6.57. The van der Waals surface area contributed by atoms with Gasteiger partial charge >= 0.3 is 5.97 Å². The second kappa shape index (κ2) is 7.11. The zero-order valence-corrected chi connectivity index (χ0v) is 11.1. The molecule has 1 aliphatic heterocycles. The maximum absolute atomic E-state index is 11.6. The van der Waals surface area contributed by atoms with E-state index in [0.717, 1.165) is 32.8 Å². The first kappa shape index (κ1) is 13.8. The minimum absolute atomic E-state index is 0.0955. The van der Waals surface area contributed by atoms with Crippen LogP contribution < -0.4 is 4.90 Å². The van der Waals surface area contributed by atoms with Crippen molar-refractivity contribution in [2.75, 3.05) is 32.8 Å². The zero-order valence-electron chi connectivity index (χ0n) is 11.1. The summed E-state index contributed by atoms with van der Waals surface area (Å²) in [5.41, 5.74) is 0. The van der Waals surface area contributed by atoms with Crippen molar-refractivity contribution in [3.05, 3.63) is 30.2 Å². The summed E-state index contributed by atoms with van der Waals surface area (Å²) in [4.78, 5) is 13.0. The van der Waals surface area contributed by atoms with Crippen LogP contribution in [-0.2, 0) is 14.3 Å². The molecule has 0 unspecified atom stereocenters. The van der Waals surface area contributed by atoms with Crippen molar-refractivity contribution >= 4 is 12.0 Å². The SMILES string of the molecule is C[C@H](C[NH+]1CCOCC1)OC(=O)/C=C/c1ccco1. The van der Waals surface area contributed by atoms with Gasteiger partial charge in [0.1, 0.15) is 31.5 Å². The Labute approximate surface area is 112 Å². The van der Waals surface area contributed by atoms with Gasteiger partial charge in [-0.1, -0.05) is 0 Å². The minimum atomic E-state index is -0.337.